The van der Waals surface area contributed by atoms with E-state index in [0.29, 0.717) is 0 Å². The first-order chi connectivity index (χ1) is 8.11. The Hall–Kier alpha value is -1.32. The summed E-state index contributed by atoms with van der Waals surface area (Å²) in [7, 11) is 1.82. The van der Waals surface area contributed by atoms with Crippen molar-refractivity contribution in [2.24, 2.45) is 0 Å². The molecule has 0 radical (unpaired) electrons. The normalized spacial score (nSPS) is 12.7. The quantitative estimate of drug-likeness (QED) is 0.903. The maximum atomic E-state index is 13.1. The molecule has 0 aliphatic carbocycles. The van der Waals surface area contributed by atoms with Crippen LogP contribution < -0.4 is 5.32 Å². The number of nitrogens with one attached hydrogen (secondary N) is 1. The van der Waals surface area contributed by atoms with E-state index in [1.807, 2.05) is 26.1 Å². The van der Waals surface area contributed by atoms with Crippen molar-refractivity contribution in [3.05, 3.63) is 58.3 Å². The van der Waals surface area contributed by atoms with Crippen LogP contribution in [0.4, 0.5) is 4.39 Å². The first-order valence-electron chi connectivity index (χ1n) is 5.30. The monoisotopic (exact) mass is 253 g/mol. The second kappa shape index (κ2) is 4.90. The summed E-state index contributed by atoms with van der Waals surface area (Å²) in [5.41, 5.74) is 0.869. The van der Waals surface area contributed by atoms with Gasteiger partial charge in [-0.15, -0.1) is 0 Å². The van der Waals surface area contributed by atoms with Crippen molar-refractivity contribution in [3.8, 4) is 0 Å². The minimum atomic E-state index is -0.416. The molecule has 2 aromatic rings. The standard InChI is InChI=1S/C13H13ClFNO/c1-8-3-6-12(17-8)13(16-2)9-4-5-11(15)10(14)7-9/h3-7,13,16H,1-2H3. The number of benzene rings is 1. The molecule has 90 valence electrons. The molecule has 1 unspecified atom stereocenters. The highest BCUT2D eigenvalue weighted by atomic mass is 35.5. The maximum Gasteiger partial charge on any atom is 0.141 e. The highest BCUT2D eigenvalue weighted by molar-refractivity contribution is 6.30. The zero-order chi connectivity index (χ0) is 12.4. The van der Waals surface area contributed by atoms with Crippen molar-refractivity contribution >= 4 is 11.6 Å². The van der Waals surface area contributed by atoms with Crippen LogP contribution in [0.3, 0.4) is 0 Å². The summed E-state index contributed by atoms with van der Waals surface area (Å²) in [6.07, 6.45) is 0. The molecule has 1 N–H and O–H groups in total. The van der Waals surface area contributed by atoms with E-state index in [9.17, 15) is 4.39 Å². The zero-order valence-electron chi connectivity index (χ0n) is 9.63. The van der Waals surface area contributed by atoms with E-state index in [0.717, 1.165) is 17.1 Å². The lowest BCUT2D eigenvalue weighted by molar-refractivity contribution is 0.444. The number of halogens is 2. The number of hydrogen-bond acceptors (Lipinski definition) is 2. The molecule has 0 saturated heterocycles. The molecule has 1 heterocycles. The third-order valence-corrected chi connectivity index (χ3v) is 2.90. The smallest absolute Gasteiger partial charge is 0.141 e. The van der Waals surface area contributed by atoms with Gasteiger partial charge in [0.1, 0.15) is 17.3 Å². The lowest BCUT2D eigenvalue weighted by Crippen LogP contribution is -2.17. The SMILES string of the molecule is CNC(c1ccc(F)c(Cl)c1)c1ccc(C)o1. The fourth-order valence-electron chi connectivity index (χ4n) is 1.77. The zero-order valence-corrected chi connectivity index (χ0v) is 10.4. The number of rotatable bonds is 3. The second-order valence-electron chi connectivity index (χ2n) is 3.84. The van der Waals surface area contributed by atoms with Gasteiger partial charge >= 0.3 is 0 Å². The minimum Gasteiger partial charge on any atom is -0.464 e. The predicted octanol–water partition coefficient (Wildman–Crippen LogP) is 3.69. The van der Waals surface area contributed by atoms with Gasteiger partial charge in [-0.3, -0.25) is 0 Å². The molecule has 2 nitrogen and oxygen atoms in total. The van der Waals surface area contributed by atoms with E-state index < -0.39 is 5.82 Å². The first-order valence-corrected chi connectivity index (χ1v) is 5.68. The van der Waals surface area contributed by atoms with Crippen molar-refractivity contribution in [3.63, 3.8) is 0 Å². The van der Waals surface area contributed by atoms with E-state index in [2.05, 4.69) is 5.32 Å². The van der Waals surface area contributed by atoms with Crippen LogP contribution in [0.15, 0.2) is 34.7 Å². The topological polar surface area (TPSA) is 25.2 Å². The van der Waals surface area contributed by atoms with E-state index >= 15 is 0 Å². The van der Waals surface area contributed by atoms with Gasteiger partial charge in [-0.1, -0.05) is 17.7 Å². The number of furan rings is 1. The Morgan fingerprint density at radius 2 is 2.06 bits per heavy atom. The molecule has 0 saturated carbocycles. The van der Waals surface area contributed by atoms with Crippen LogP contribution >= 0.6 is 11.6 Å². The molecule has 0 aliphatic heterocycles. The molecule has 0 amide bonds. The Morgan fingerprint density at radius 3 is 2.59 bits per heavy atom. The van der Waals surface area contributed by atoms with Gasteiger partial charge in [0, 0.05) is 0 Å². The average Bonchev–Trinajstić information content (AvgIpc) is 2.71. The molecule has 17 heavy (non-hydrogen) atoms. The van der Waals surface area contributed by atoms with Gasteiger partial charge in [0.15, 0.2) is 0 Å². The van der Waals surface area contributed by atoms with Gasteiger partial charge in [-0.25, -0.2) is 4.39 Å². The molecule has 0 bridgehead atoms. The van der Waals surface area contributed by atoms with Crippen LogP contribution in [-0.2, 0) is 0 Å². The Balaban J connectivity index is 2.38. The Labute approximate surface area is 104 Å². The highest BCUT2D eigenvalue weighted by Crippen LogP contribution is 2.26. The third kappa shape index (κ3) is 2.51. The molecular weight excluding hydrogens is 241 g/mol. The lowest BCUT2D eigenvalue weighted by atomic mass is 10.0. The summed E-state index contributed by atoms with van der Waals surface area (Å²) in [5.74, 6) is 1.21. The third-order valence-electron chi connectivity index (χ3n) is 2.61. The average molecular weight is 254 g/mol. The van der Waals surface area contributed by atoms with Crippen molar-refractivity contribution in [2.75, 3.05) is 7.05 Å². The first kappa shape index (κ1) is 12.1. The van der Waals surface area contributed by atoms with Crippen LogP contribution in [0.1, 0.15) is 23.1 Å². The predicted molar refractivity (Wildman–Crippen MR) is 65.8 cm³/mol. The van der Waals surface area contributed by atoms with Crippen molar-refractivity contribution in [1.82, 2.24) is 5.32 Å². The number of aryl methyl sites for hydroxylation is 1. The van der Waals surface area contributed by atoms with Gasteiger partial charge in [0.2, 0.25) is 0 Å². The van der Waals surface area contributed by atoms with Gasteiger partial charge in [-0.05, 0) is 43.8 Å². The van der Waals surface area contributed by atoms with Gasteiger partial charge < -0.3 is 9.73 Å². The molecule has 0 aliphatic rings. The summed E-state index contributed by atoms with van der Waals surface area (Å²) in [5, 5.41) is 3.24. The number of hydrogen-bond donors (Lipinski definition) is 1. The molecule has 1 aromatic heterocycles. The van der Waals surface area contributed by atoms with Gasteiger partial charge in [0.05, 0.1) is 11.1 Å². The highest BCUT2D eigenvalue weighted by Gasteiger charge is 2.16. The van der Waals surface area contributed by atoms with Crippen LogP contribution in [0, 0.1) is 12.7 Å². The molecule has 0 fully saturated rings. The summed E-state index contributed by atoms with van der Waals surface area (Å²) in [6.45, 7) is 1.88. The fraction of sp³-hybridized carbons (Fsp3) is 0.231. The summed E-state index contributed by atoms with van der Waals surface area (Å²) in [6, 6.07) is 8.33. The molecule has 2 rings (SSSR count). The second-order valence-corrected chi connectivity index (χ2v) is 4.25. The molecule has 1 aromatic carbocycles. The molecule has 4 heteroatoms. The summed E-state index contributed by atoms with van der Waals surface area (Å²) >= 11 is 5.77. The van der Waals surface area contributed by atoms with E-state index in [-0.39, 0.29) is 11.1 Å². The molecular formula is C13H13ClFNO. The van der Waals surface area contributed by atoms with E-state index in [1.165, 1.54) is 6.07 Å². The van der Waals surface area contributed by atoms with E-state index in [1.54, 1.807) is 12.1 Å². The Morgan fingerprint density at radius 1 is 1.29 bits per heavy atom. The van der Waals surface area contributed by atoms with Crippen LogP contribution in [0.5, 0.6) is 0 Å². The largest absolute Gasteiger partial charge is 0.464 e. The van der Waals surface area contributed by atoms with Gasteiger partial charge in [-0.2, -0.15) is 0 Å². The van der Waals surface area contributed by atoms with Crippen LogP contribution in [0.25, 0.3) is 0 Å². The maximum absolute atomic E-state index is 13.1. The molecule has 0 spiro atoms. The van der Waals surface area contributed by atoms with E-state index in [4.69, 9.17) is 16.0 Å². The minimum absolute atomic E-state index is 0.117. The molecule has 1 atom stereocenters. The van der Waals surface area contributed by atoms with Crippen LogP contribution in [0.2, 0.25) is 5.02 Å². The Kier molecular flexibility index (Phi) is 3.50. The van der Waals surface area contributed by atoms with Crippen molar-refractivity contribution < 1.29 is 8.81 Å². The summed E-state index contributed by atoms with van der Waals surface area (Å²) in [4.78, 5) is 0. The van der Waals surface area contributed by atoms with Crippen molar-refractivity contribution in [1.29, 1.82) is 0 Å². The van der Waals surface area contributed by atoms with Gasteiger partial charge in [0.25, 0.3) is 0 Å². The Bertz CT molecular complexity index is 524. The lowest BCUT2D eigenvalue weighted by Gasteiger charge is -2.14. The van der Waals surface area contributed by atoms with Crippen molar-refractivity contribution in [2.45, 2.75) is 13.0 Å². The summed E-state index contributed by atoms with van der Waals surface area (Å²) < 4.78 is 18.7. The fourth-order valence-corrected chi connectivity index (χ4v) is 1.96. The van der Waals surface area contributed by atoms with Crippen LogP contribution in [-0.4, -0.2) is 7.05 Å².